The number of fused-ring (bicyclic) bond motifs is 1. The van der Waals surface area contributed by atoms with Gasteiger partial charge in [-0.1, -0.05) is 50.2 Å². The summed E-state index contributed by atoms with van der Waals surface area (Å²) >= 11 is 0. The van der Waals surface area contributed by atoms with Crippen molar-refractivity contribution in [3.63, 3.8) is 0 Å². The van der Waals surface area contributed by atoms with Gasteiger partial charge in [0, 0.05) is 19.5 Å². The minimum absolute atomic E-state index is 0.00676. The van der Waals surface area contributed by atoms with E-state index < -0.39 is 6.04 Å². The predicted molar refractivity (Wildman–Crippen MR) is 114 cm³/mol. The SMILES string of the molecule is COc1ccc(CCC(=O)N[C@@H](C(=O)N2CCc3ccccc3C2)C(C)C)cc1. The predicted octanol–water partition coefficient (Wildman–Crippen LogP) is 3.35. The highest BCUT2D eigenvalue weighted by Crippen LogP contribution is 2.20. The minimum atomic E-state index is -0.497. The average molecular weight is 395 g/mol. The molecule has 2 amide bonds. The zero-order valence-corrected chi connectivity index (χ0v) is 17.5. The Hall–Kier alpha value is -2.82. The molecule has 0 fully saturated rings. The van der Waals surface area contributed by atoms with Gasteiger partial charge in [-0.2, -0.15) is 0 Å². The highest BCUT2D eigenvalue weighted by molar-refractivity contribution is 5.88. The Balaban J connectivity index is 1.57. The van der Waals surface area contributed by atoms with Crippen LogP contribution in [0.4, 0.5) is 0 Å². The zero-order valence-electron chi connectivity index (χ0n) is 17.5. The highest BCUT2D eigenvalue weighted by atomic mass is 16.5. The van der Waals surface area contributed by atoms with Crippen LogP contribution in [0.5, 0.6) is 5.75 Å². The van der Waals surface area contributed by atoms with Crippen molar-refractivity contribution >= 4 is 11.8 Å². The number of nitrogens with one attached hydrogen (secondary N) is 1. The van der Waals surface area contributed by atoms with Crippen LogP contribution in [0.25, 0.3) is 0 Å². The van der Waals surface area contributed by atoms with Crippen molar-refractivity contribution in [2.75, 3.05) is 13.7 Å². The maximum atomic E-state index is 13.1. The molecule has 0 bridgehead atoms. The number of hydrogen-bond donors (Lipinski definition) is 1. The molecule has 5 heteroatoms. The number of carbonyl (C=O) groups is 2. The van der Waals surface area contributed by atoms with Gasteiger partial charge in [0.15, 0.2) is 0 Å². The first-order valence-corrected chi connectivity index (χ1v) is 10.3. The van der Waals surface area contributed by atoms with E-state index in [1.807, 2.05) is 55.1 Å². The Morgan fingerprint density at radius 1 is 1.07 bits per heavy atom. The first-order valence-electron chi connectivity index (χ1n) is 10.3. The number of nitrogens with zero attached hydrogens (tertiary/aromatic N) is 1. The molecule has 1 aliphatic rings. The molecule has 1 atom stereocenters. The molecule has 0 saturated carbocycles. The van der Waals surface area contributed by atoms with Crippen LogP contribution in [0.3, 0.4) is 0 Å². The lowest BCUT2D eigenvalue weighted by atomic mass is 9.97. The van der Waals surface area contributed by atoms with E-state index in [0.717, 1.165) is 17.7 Å². The van der Waals surface area contributed by atoms with E-state index in [4.69, 9.17) is 4.74 Å². The third kappa shape index (κ3) is 5.37. The van der Waals surface area contributed by atoms with E-state index in [-0.39, 0.29) is 17.7 Å². The summed E-state index contributed by atoms with van der Waals surface area (Å²) < 4.78 is 5.16. The molecule has 3 rings (SSSR count). The van der Waals surface area contributed by atoms with Gasteiger partial charge in [-0.05, 0) is 47.6 Å². The Morgan fingerprint density at radius 2 is 1.76 bits per heavy atom. The number of methoxy groups -OCH3 is 1. The topological polar surface area (TPSA) is 58.6 Å². The van der Waals surface area contributed by atoms with E-state index in [1.54, 1.807) is 7.11 Å². The first-order chi connectivity index (χ1) is 14.0. The van der Waals surface area contributed by atoms with Crippen LogP contribution < -0.4 is 10.1 Å². The molecule has 2 aromatic rings. The molecule has 2 aromatic carbocycles. The van der Waals surface area contributed by atoms with E-state index in [1.165, 1.54) is 11.1 Å². The summed E-state index contributed by atoms with van der Waals surface area (Å²) in [5.41, 5.74) is 3.57. The van der Waals surface area contributed by atoms with Crippen molar-refractivity contribution in [1.29, 1.82) is 0 Å². The van der Waals surface area contributed by atoms with Crippen LogP contribution >= 0.6 is 0 Å². The summed E-state index contributed by atoms with van der Waals surface area (Å²) in [6, 6.07) is 15.5. The lowest BCUT2D eigenvalue weighted by molar-refractivity contribution is -0.138. The summed E-state index contributed by atoms with van der Waals surface area (Å²) in [7, 11) is 1.63. The van der Waals surface area contributed by atoms with Crippen LogP contribution in [-0.4, -0.2) is 36.4 Å². The van der Waals surface area contributed by atoms with Crippen molar-refractivity contribution in [3.05, 3.63) is 65.2 Å². The number of amides is 2. The standard InChI is InChI=1S/C24H30N2O3/c1-17(2)23(24(28)26-15-14-19-6-4-5-7-20(19)16-26)25-22(27)13-10-18-8-11-21(29-3)12-9-18/h4-9,11-12,17,23H,10,13-16H2,1-3H3,(H,25,27)/t23-/m1/s1. The van der Waals surface area contributed by atoms with Gasteiger partial charge < -0.3 is 15.0 Å². The summed E-state index contributed by atoms with van der Waals surface area (Å²) in [4.78, 5) is 27.5. The summed E-state index contributed by atoms with van der Waals surface area (Å²) in [6.07, 6.45) is 1.84. The summed E-state index contributed by atoms with van der Waals surface area (Å²) in [5, 5.41) is 2.98. The molecular weight excluding hydrogens is 364 g/mol. The van der Waals surface area contributed by atoms with Crippen LogP contribution in [0.15, 0.2) is 48.5 Å². The molecule has 29 heavy (non-hydrogen) atoms. The normalized spacial score (nSPS) is 14.3. The second kappa shape index (κ2) is 9.59. The third-order valence-electron chi connectivity index (χ3n) is 5.49. The molecule has 0 radical (unpaired) electrons. The van der Waals surface area contributed by atoms with Crippen LogP contribution in [0.2, 0.25) is 0 Å². The smallest absolute Gasteiger partial charge is 0.245 e. The fourth-order valence-electron chi connectivity index (χ4n) is 3.69. The summed E-state index contributed by atoms with van der Waals surface area (Å²) in [6.45, 7) is 5.26. The number of aryl methyl sites for hydroxylation is 1. The Morgan fingerprint density at radius 3 is 2.41 bits per heavy atom. The summed E-state index contributed by atoms with van der Waals surface area (Å²) in [5.74, 6) is 0.744. The monoisotopic (exact) mass is 394 g/mol. The molecular formula is C24H30N2O3. The van der Waals surface area contributed by atoms with Gasteiger partial charge in [-0.15, -0.1) is 0 Å². The van der Waals surface area contributed by atoms with Crippen LogP contribution in [-0.2, 0) is 29.0 Å². The second-order valence-electron chi connectivity index (χ2n) is 7.92. The van der Waals surface area contributed by atoms with Gasteiger partial charge in [0.1, 0.15) is 11.8 Å². The van der Waals surface area contributed by atoms with Crippen molar-refractivity contribution < 1.29 is 14.3 Å². The Labute approximate surface area is 173 Å². The molecule has 0 saturated heterocycles. The second-order valence-corrected chi connectivity index (χ2v) is 7.92. The van der Waals surface area contributed by atoms with Crippen LogP contribution in [0, 0.1) is 5.92 Å². The van der Waals surface area contributed by atoms with Gasteiger partial charge >= 0.3 is 0 Å². The molecule has 1 heterocycles. The number of hydrogen-bond acceptors (Lipinski definition) is 3. The number of ether oxygens (including phenoxy) is 1. The quantitative estimate of drug-likeness (QED) is 0.783. The first kappa shape index (κ1) is 20.9. The van der Waals surface area contributed by atoms with Crippen LogP contribution in [0.1, 0.15) is 37.0 Å². The van der Waals surface area contributed by atoms with Crippen molar-refractivity contribution in [3.8, 4) is 5.75 Å². The number of benzene rings is 2. The fourth-order valence-corrected chi connectivity index (χ4v) is 3.69. The third-order valence-corrected chi connectivity index (χ3v) is 5.49. The van der Waals surface area contributed by atoms with Gasteiger partial charge in [0.2, 0.25) is 11.8 Å². The van der Waals surface area contributed by atoms with E-state index in [9.17, 15) is 9.59 Å². The van der Waals surface area contributed by atoms with Crippen molar-refractivity contribution in [2.45, 2.75) is 45.7 Å². The largest absolute Gasteiger partial charge is 0.497 e. The van der Waals surface area contributed by atoms with Gasteiger partial charge in [-0.3, -0.25) is 9.59 Å². The molecule has 0 spiro atoms. The highest BCUT2D eigenvalue weighted by Gasteiger charge is 2.30. The number of rotatable bonds is 7. The maximum Gasteiger partial charge on any atom is 0.245 e. The molecule has 5 nitrogen and oxygen atoms in total. The molecule has 1 N–H and O–H groups in total. The molecule has 1 aliphatic heterocycles. The Kier molecular flexibility index (Phi) is 6.91. The van der Waals surface area contributed by atoms with Gasteiger partial charge in [0.05, 0.1) is 7.11 Å². The van der Waals surface area contributed by atoms with Gasteiger partial charge in [0.25, 0.3) is 0 Å². The Bertz CT molecular complexity index is 845. The van der Waals surface area contributed by atoms with E-state index >= 15 is 0 Å². The van der Waals surface area contributed by atoms with E-state index in [2.05, 4.69) is 17.4 Å². The minimum Gasteiger partial charge on any atom is -0.497 e. The molecule has 154 valence electrons. The lowest BCUT2D eigenvalue weighted by Gasteiger charge is -2.33. The zero-order chi connectivity index (χ0) is 20.8. The maximum absolute atomic E-state index is 13.1. The molecule has 0 aliphatic carbocycles. The van der Waals surface area contributed by atoms with E-state index in [0.29, 0.717) is 25.9 Å². The van der Waals surface area contributed by atoms with Crippen molar-refractivity contribution in [1.82, 2.24) is 10.2 Å². The van der Waals surface area contributed by atoms with Crippen molar-refractivity contribution in [2.24, 2.45) is 5.92 Å². The van der Waals surface area contributed by atoms with Gasteiger partial charge in [-0.25, -0.2) is 0 Å². The fraction of sp³-hybridized carbons (Fsp3) is 0.417. The lowest BCUT2D eigenvalue weighted by Crippen LogP contribution is -2.52. The molecule has 0 aromatic heterocycles. The average Bonchev–Trinajstić information content (AvgIpc) is 2.75. The molecule has 0 unspecified atom stereocenters. The number of carbonyl (C=O) groups excluding carboxylic acids is 2.